The summed E-state index contributed by atoms with van der Waals surface area (Å²) in [5.41, 5.74) is 0. The molecule has 1 amide bonds. The predicted molar refractivity (Wildman–Crippen MR) is 83.3 cm³/mol. The molecule has 0 aliphatic rings. The normalized spacial score (nSPS) is 12.0. The Bertz CT molecular complexity index is 490. The number of hydrogen-bond acceptors (Lipinski definition) is 3. The highest BCUT2D eigenvalue weighted by molar-refractivity contribution is 9.10. The van der Waals surface area contributed by atoms with E-state index in [1.54, 1.807) is 12.1 Å². The highest BCUT2D eigenvalue weighted by Crippen LogP contribution is 2.17. The van der Waals surface area contributed by atoms with Crippen molar-refractivity contribution in [3.8, 4) is 5.75 Å². The molecule has 6 heteroatoms. The maximum absolute atomic E-state index is 11.7. The number of benzene rings is 1. The van der Waals surface area contributed by atoms with Crippen molar-refractivity contribution < 1.29 is 19.4 Å². The molecule has 1 rings (SSSR count). The van der Waals surface area contributed by atoms with Crippen molar-refractivity contribution in [2.75, 3.05) is 6.61 Å². The third kappa shape index (κ3) is 7.13. The minimum Gasteiger partial charge on any atom is -0.493 e. The Morgan fingerprint density at radius 3 is 2.67 bits per heavy atom. The summed E-state index contributed by atoms with van der Waals surface area (Å²) in [6, 6.07) is 6.47. The molecule has 21 heavy (non-hydrogen) atoms. The van der Waals surface area contributed by atoms with Gasteiger partial charge in [0, 0.05) is 4.47 Å². The quantitative estimate of drug-likeness (QED) is 0.749. The van der Waals surface area contributed by atoms with Gasteiger partial charge in [-0.2, -0.15) is 0 Å². The van der Waals surface area contributed by atoms with Crippen LogP contribution in [-0.2, 0) is 9.59 Å². The third-order valence-corrected chi connectivity index (χ3v) is 3.23. The molecule has 1 aromatic carbocycles. The van der Waals surface area contributed by atoms with Crippen LogP contribution in [0.25, 0.3) is 0 Å². The number of nitrogens with one attached hydrogen (secondary N) is 1. The van der Waals surface area contributed by atoms with Gasteiger partial charge in [0.25, 0.3) is 0 Å². The molecule has 0 aliphatic heterocycles. The van der Waals surface area contributed by atoms with Crippen LogP contribution in [0.2, 0.25) is 0 Å². The molecule has 0 heterocycles. The van der Waals surface area contributed by atoms with Crippen LogP contribution in [0.3, 0.4) is 0 Å². The van der Waals surface area contributed by atoms with Crippen molar-refractivity contribution in [3.05, 3.63) is 28.7 Å². The molecule has 0 fully saturated rings. The number of carbonyl (C=O) groups is 2. The molecule has 5 nitrogen and oxygen atoms in total. The molecule has 0 saturated heterocycles. The molecule has 0 saturated carbocycles. The summed E-state index contributed by atoms with van der Waals surface area (Å²) in [7, 11) is 0. The van der Waals surface area contributed by atoms with Gasteiger partial charge in [-0.15, -0.1) is 0 Å². The first kappa shape index (κ1) is 17.5. The molecule has 1 atom stereocenters. The minimum absolute atomic E-state index is 0.119. The Labute approximate surface area is 132 Å². The Balaban J connectivity index is 2.37. The van der Waals surface area contributed by atoms with E-state index in [9.17, 15) is 9.59 Å². The fourth-order valence-corrected chi connectivity index (χ4v) is 2.16. The average molecular weight is 358 g/mol. The van der Waals surface area contributed by atoms with Crippen LogP contribution in [0.15, 0.2) is 28.7 Å². The molecule has 0 spiro atoms. The van der Waals surface area contributed by atoms with Crippen LogP contribution in [0, 0.1) is 5.92 Å². The van der Waals surface area contributed by atoms with Crippen LogP contribution in [0.1, 0.15) is 26.7 Å². The lowest BCUT2D eigenvalue weighted by Crippen LogP contribution is -2.42. The van der Waals surface area contributed by atoms with E-state index >= 15 is 0 Å². The lowest BCUT2D eigenvalue weighted by molar-refractivity contribution is -0.142. The van der Waals surface area contributed by atoms with Crippen LogP contribution in [-0.4, -0.2) is 29.6 Å². The van der Waals surface area contributed by atoms with E-state index in [0.717, 1.165) is 4.47 Å². The maximum atomic E-state index is 11.7. The minimum atomic E-state index is -1.01. The molecule has 1 unspecified atom stereocenters. The fourth-order valence-electron chi connectivity index (χ4n) is 1.78. The van der Waals surface area contributed by atoms with E-state index in [1.165, 1.54) is 0 Å². The van der Waals surface area contributed by atoms with E-state index in [1.807, 2.05) is 26.0 Å². The highest BCUT2D eigenvalue weighted by atomic mass is 79.9. The molecule has 1 aromatic rings. The Morgan fingerprint density at radius 1 is 1.38 bits per heavy atom. The molecular weight excluding hydrogens is 338 g/mol. The molecule has 0 aromatic heterocycles. The molecule has 0 aliphatic carbocycles. The lowest BCUT2D eigenvalue weighted by atomic mass is 10.0. The number of carboxylic acid groups (broad SMARTS) is 1. The van der Waals surface area contributed by atoms with Crippen molar-refractivity contribution in [1.29, 1.82) is 0 Å². The van der Waals surface area contributed by atoms with Crippen LogP contribution < -0.4 is 10.1 Å². The number of ether oxygens (including phenoxy) is 1. The number of carboxylic acids is 1. The Morgan fingerprint density at radius 2 is 2.10 bits per heavy atom. The second-order valence-electron chi connectivity index (χ2n) is 5.14. The molecule has 0 bridgehead atoms. The molecular formula is C15H20BrNO4. The van der Waals surface area contributed by atoms with Gasteiger partial charge >= 0.3 is 5.97 Å². The zero-order chi connectivity index (χ0) is 15.8. The summed E-state index contributed by atoms with van der Waals surface area (Å²) >= 11 is 3.33. The first-order valence-corrected chi connectivity index (χ1v) is 7.58. The number of rotatable bonds is 8. The topological polar surface area (TPSA) is 75.6 Å². The summed E-state index contributed by atoms with van der Waals surface area (Å²) in [6.07, 6.45) is 0.530. The van der Waals surface area contributed by atoms with Gasteiger partial charge in [-0.3, -0.25) is 4.79 Å². The van der Waals surface area contributed by atoms with Crippen molar-refractivity contribution in [2.45, 2.75) is 32.7 Å². The summed E-state index contributed by atoms with van der Waals surface area (Å²) in [6.45, 7) is 4.03. The van der Waals surface area contributed by atoms with Gasteiger partial charge in [-0.05, 0) is 30.5 Å². The van der Waals surface area contributed by atoms with Gasteiger partial charge in [0.2, 0.25) is 5.91 Å². The molecule has 0 radical (unpaired) electrons. The largest absolute Gasteiger partial charge is 0.493 e. The van der Waals surface area contributed by atoms with Crippen molar-refractivity contribution >= 4 is 27.8 Å². The maximum Gasteiger partial charge on any atom is 0.326 e. The number of halogens is 1. The van der Waals surface area contributed by atoms with Gasteiger partial charge < -0.3 is 15.2 Å². The van der Waals surface area contributed by atoms with Crippen LogP contribution in [0.4, 0.5) is 0 Å². The van der Waals surface area contributed by atoms with Gasteiger partial charge in [0.05, 0.1) is 13.0 Å². The predicted octanol–water partition coefficient (Wildman–Crippen LogP) is 2.83. The zero-order valence-corrected chi connectivity index (χ0v) is 13.7. The van der Waals surface area contributed by atoms with Crippen LogP contribution >= 0.6 is 15.9 Å². The van der Waals surface area contributed by atoms with Crippen molar-refractivity contribution in [1.82, 2.24) is 5.32 Å². The average Bonchev–Trinajstić information content (AvgIpc) is 2.37. The summed E-state index contributed by atoms with van der Waals surface area (Å²) < 4.78 is 6.34. The molecule has 2 N–H and O–H groups in total. The first-order valence-electron chi connectivity index (χ1n) is 6.79. The van der Waals surface area contributed by atoms with Gasteiger partial charge in [0.15, 0.2) is 0 Å². The SMILES string of the molecule is CC(C)CC(NC(=O)CCOc1cccc(Br)c1)C(=O)O. The van der Waals surface area contributed by atoms with Gasteiger partial charge in [0.1, 0.15) is 11.8 Å². The van der Waals surface area contributed by atoms with E-state index in [2.05, 4.69) is 21.2 Å². The third-order valence-electron chi connectivity index (χ3n) is 2.73. The van der Waals surface area contributed by atoms with Gasteiger partial charge in [-0.1, -0.05) is 35.8 Å². The van der Waals surface area contributed by atoms with Crippen molar-refractivity contribution in [2.24, 2.45) is 5.92 Å². The summed E-state index contributed by atoms with van der Waals surface area (Å²) in [5, 5.41) is 11.6. The second-order valence-corrected chi connectivity index (χ2v) is 6.06. The van der Waals surface area contributed by atoms with Crippen LogP contribution in [0.5, 0.6) is 5.75 Å². The second kappa shape index (κ2) is 8.67. The smallest absolute Gasteiger partial charge is 0.326 e. The monoisotopic (exact) mass is 357 g/mol. The Hall–Kier alpha value is -1.56. The van der Waals surface area contributed by atoms with Crippen molar-refractivity contribution in [3.63, 3.8) is 0 Å². The Kier molecular flexibility index (Phi) is 7.22. The number of amides is 1. The van der Waals surface area contributed by atoms with E-state index in [-0.39, 0.29) is 24.9 Å². The van der Waals surface area contributed by atoms with Gasteiger partial charge in [-0.25, -0.2) is 4.79 Å². The fraction of sp³-hybridized carbons (Fsp3) is 0.467. The first-order chi connectivity index (χ1) is 9.88. The van der Waals surface area contributed by atoms with E-state index < -0.39 is 12.0 Å². The lowest BCUT2D eigenvalue weighted by Gasteiger charge is -2.16. The summed E-state index contributed by atoms with van der Waals surface area (Å²) in [4.78, 5) is 22.8. The standard InChI is InChI=1S/C15H20BrNO4/c1-10(2)8-13(15(19)20)17-14(18)6-7-21-12-5-3-4-11(16)9-12/h3-5,9-10,13H,6-8H2,1-2H3,(H,17,18)(H,19,20). The number of carbonyl (C=O) groups excluding carboxylic acids is 1. The number of aliphatic carboxylic acids is 1. The zero-order valence-electron chi connectivity index (χ0n) is 12.1. The molecule has 116 valence electrons. The summed E-state index contributed by atoms with van der Waals surface area (Å²) in [5.74, 6) is -0.471. The van der Waals surface area contributed by atoms with E-state index in [0.29, 0.717) is 12.2 Å². The number of hydrogen-bond donors (Lipinski definition) is 2. The van der Waals surface area contributed by atoms with E-state index in [4.69, 9.17) is 9.84 Å². The highest BCUT2D eigenvalue weighted by Gasteiger charge is 2.20.